The summed E-state index contributed by atoms with van der Waals surface area (Å²) in [5.74, 6) is 0.125. The first-order valence-corrected chi connectivity index (χ1v) is 8.77. The Bertz CT molecular complexity index is 662. The molecule has 0 spiro atoms. The number of non-ortho nitro benzene ring substituents is 1. The molecule has 8 heteroatoms. The first-order chi connectivity index (χ1) is 10.3. The lowest BCUT2D eigenvalue weighted by atomic mass is 9.74. The summed E-state index contributed by atoms with van der Waals surface area (Å²) in [6.45, 7) is 2.20. The molecular formula is C14H21N3O4S. The Morgan fingerprint density at radius 2 is 2.18 bits per heavy atom. The van der Waals surface area contributed by atoms with Crippen LogP contribution >= 0.6 is 0 Å². The molecule has 0 radical (unpaired) electrons. The first-order valence-electron chi connectivity index (χ1n) is 7.29. The van der Waals surface area contributed by atoms with Crippen LogP contribution in [0, 0.1) is 16.0 Å². The van der Waals surface area contributed by atoms with Crippen LogP contribution in [0.1, 0.15) is 32.6 Å². The van der Waals surface area contributed by atoms with E-state index in [1.165, 1.54) is 18.2 Å². The average Bonchev–Trinajstić information content (AvgIpc) is 2.49. The van der Waals surface area contributed by atoms with E-state index >= 15 is 0 Å². The van der Waals surface area contributed by atoms with E-state index in [-0.39, 0.29) is 23.0 Å². The molecule has 1 saturated carbocycles. The number of nitro groups is 1. The number of nitrogens with two attached hydrogens (primary N) is 1. The number of benzene rings is 1. The van der Waals surface area contributed by atoms with Crippen molar-refractivity contribution >= 4 is 15.7 Å². The highest BCUT2D eigenvalue weighted by atomic mass is 32.2. The molecular weight excluding hydrogens is 306 g/mol. The number of hydrogen-bond donors (Lipinski definition) is 2. The Morgan fingerprint density at radius 3 is 2.77 bits per heavy atom. The number of nitro benzene ring substituents is 1. The van der Waals surface area contributed by atoms with Crippen LogP contribution in [0.3, 0.4) is 0 Å². The maximum Gasteiger partial charge on any atom is 0.270 e. The molecule has 1 aromatic rings. The fourth-order valence-corrected chi connectivity index (χ4v) is 4.57. The third kappa shape index (κ3) is 3.29. The van der Waals surface area contributed by atoms with Gasteiger partial charge in [-0.1, -0.05) is 25.8 Å². The Kier molecular flexibility index (Phi) is 4.84. The first kappa shape index (κ1) is 16.9. The van der Waals surface area contributed by atoms with Crippen molar-refractivity contribution in [1.29, 1.82) is 0 Å². The van der Waals surface area contributed by atoms with E-state index in [0.29, 0.717) is 6.42 Å². The van der Waals surface area contributed by atoms with Crippen LogP contribution in [0.5, 0.6) is 0 Å². The molecule has 0 aliphatic heterocycles. The van der Waals surface area contributed by atoms with Crippen molar-refractivity contribution in [2.45, 2.75) is 43.0 Å². The highest BCUT2D eigenvalue weighted by Gasteiger charge is 2.40. The third-order valence-electron chi connectivity index (χ3n) is 4.49. The fourth-order valence-electron chi connectivity index (χ4n) is 3.00. The zero-order chi connectivity index (χ0) is 16.4. The van der Waals surface area contributed by atoms with Gasteiger partial charge in [-0.15, -0.1) is 0 Å². The summed E-state index contributed by atoms with van der Waals surface area (Å²) >= 11 is 0. The van der Waals surface area contributed by atoms with E-state index in [9.17, 15) is 18.5 Å². The number of sulfonamides is 1. The minimum Gasteiger partial charge on any atom is -0.329 e. The zero-order valence-electron chi connectivity index (χ0n) is 12.5. The normalized spacial score (nSPS) is 25.8. The summed E-state index contributed by atoms with van der Waals surface area (Å²) in [5.41, 5.74) is 4.93. The van der Waals surface area contributed by atoms with Crippen LogP contribution in [0.25, 0.3) is 0 Å². The Hall–Kier alpha value is -1.51. The van der Waals surface area contributed by atoms with Gasteiger partial charge < -0.3 is 5.73 Å². The molecule has 3 N–H and O–H groups in total. The lowest BCUT2D eigenvalue weighted by Gasteiger charge is -2.42. The molecule has 1 aromatic carbocycles. The number of nitrogens with one attached hydrogen (secondary N) is 1. The summed E-state index contributed by atoms with van der Waals surface area (Å²) in [6, 6.07) is 5.06. The molecule has 2 unspecified atom stereocenters. The van der Waals surface area contributed by atoms with E-state index in [2.05, 4.69) is 4.72 Å². The Labute approximate surface area is 130 Å². The maximum absolute atomic E-state index is 12.6. The molecule has 0 heterocycles. The van der Waals surface area contributed by atoms with Gasteiger partial charge in [-0.3, -0.25) is 10.1 Å². The van der Waals surface area contributed by atoms with E-state index in [1.807, 2.05) is 6.92 Å². The highest BCUT2D eigenvalue weighted by Crippen LogP contribution is 2.34. The summed E-state index contributed by atoms with van der Waals surface area (Å²) < 4.78 is 27.9. The third-order valence-corrected chi connectivity index (χ3v) is 6.04. The Morgan fingerprint density at radius 1 is 1.45 bits per heavy atom. The van der Waals surface area contributed by atoms with Crippen molar-refractivity contribution < 1.29 is 13.3 Å². The predicted octanol–water partition coefficient (Wildman–Crippen LogP) is 1.78. The summed E-state index contributed by atoms with van der Waals surface area (Å²) in [7, 11) is -3.85. The molecule has 1 fully saturated rings. The maximum atomic E-state index is 12.6. The molecule has 0 aromatic heterocycles. The second-order valence-corrected chi connectivity index (χ2v) is 7.55. The number of hydrogen-bond acceptors (Lipinski definition) is 5. The zero-order valence-corrected chi connectivity index (χ0v) is 13.3. The molecule has 0 amide bonds. The van der Waals surface area contributed by atoms with Gasteiger partial charge in [-0.2, -0.15) is 0 Å². The molecule has 22 heavy (non-hydrogen) atoms. The highest BCUT2D eigenvalue weighted by molar-refractivity contribution is 7.89. The van der Waals surface area contributed by atoms with Crippen molar-refractivity contribution in [3.63, 3.8) is 0 Å². The minimum atomic E-state index is -3.85. The Balaban J connectivity index is 2.34. The molecule has 2 atom stereocenters. The summed E-state index contributed by atoms with van der Waals surface area (Å²) in [4.78, 5) is 10.1. The lowest BCUT2D eigenvalue weighted by molar-refractivity contribution is -0.385. The molecule has 7 nitrogen and oxygen atoms in total. The topological polar surface area (TPSA) is 115 Å². The van der Waals surface area contributed by atoms with Gasteiger partial charge in [0.25, 0.3) is 5.69 Å². The SMILES string of the molecule is CC1CCCCC1(CN)NS(=O)(=O)c1cccc([N+](=O)[O-])c1. The van der Waals surface area contributed by atoms with Crippen molar-refractivity contribution in [2.75, 3.05) is 6.54 Å². The minimum absolute atomic E-state index is 0.104. The van der Waals surface area contributed by atoms with Crippen molar-refractivity contribution in [3.8, 4) is 0 Å². The fraction of sp³-hybridized carbons (Fsp3) is 0.571. The van der Waals surface area contributed by atoms with Crippen LogP contribution in [0.15, 0.2) is 29.2 Å². The van der Waals surface area contributed by atoms with Crippen molar-refractivity contribution in [2.24, 2.45) is 11.7 Å². The van der Waals surface area contributed by atoms with Crippen LogP contribution in [-0.2, 0) is 10.0 Å². The van der Waals surface area contributed by atoms with Crippen molar-refractivity contribution in [3.05, 3.63) is 34.4 Å². The molecule has 1 aliphatic rings. The summed E-state index contributed by atoms with van der Waals surface area (Å²) in [6.07, 6.45) is 3.56. The van der Waals surface area contributed by atoms with E-state index in [4.69, 9.17) is 5.73 Å². The number of rotatable bonds is 5. The van der Waals surface area contributed by atoms with Gasteiger partial charge in [0.15, 0.2) is 0 Å². The predicted molar refractivity (Wildman–Crippen MR) is 82.8 cm³/mol. The van der Waals surface area contributed by atoms with Crippen LogP contribution in [0.4, 0.5) is 5.69 Å². The number of nitrogens with zero attached hydrogens (tertiary/aromatic N) is 1. The standard InChI is InChI=1S/C14H21N3O4S/c1-11-5-2-3-8-14(11,10-15)16-22(20,21)13-7-4-6-12(9-13)17(18)19/h4,6-7,9,11,16H,2-3,5,8,10,15H2,1H3. The average molecular weight is 327 g/mol. The largest absolute Gasteiger partial charge is 0.329 e. The molecule has 2 rings (SSSR count). The summed E-state index contributed by atoms with van der Waals surface area (Å²) in [5, 5.41) is 10.8. The molecule has 0 saturated heterocycles. The molecule has 122 valence electrons. The van der Waals surface area contributed by atoms with Gasteiger partial charge in [0.05, 0.1) is 9.82 Å². The van der Waals surface area contributed by atoms with Gasteiger partial charge in [-0.05, 0) is 24.8 Å². The molecule has 0 bridgehead atoms. The van der Waals surface area contributed by atoms with Gasteiger partial charge in [0, 0.05) is 24.2 Å². The van der Waals surface area contributed by atoms with Crippen LogP contribution in [-0.4, -0.2) is 25.4 Å². The van der Waals surface area contributed by atoms with Crippen molar-refractivity contribution in [1.82, 2.24) is 4.72 Å². The van der Waals surface area contributed by atoms with E-state index in [0.717, 1.165) is 25.3 Å². The second kappa shape index (κ2) is 6.31. The van der Waals surface area contributed by atoms with E-state index in [1.54, 1.807) is 0 Å². The van der Waals surface area contributed by atoms with Gasteiger partial charge >= 0.3 is 0 Å². The smallest absolute Gasteiger partial charge is 0.270 e. The lowest BCUT2D eigenvalue weighted by Crippen LogP contribution is -2.58. The van der Waals surface area contributed by atoms with Gasteiger partial charge in [0.2, 0.25) is 10.0 Å². The monoisotopic (exact) mass is 327 g/mol. The van der Waals surface area contributed by atoms with E-state index < -0.39 is 20.5 Å². The van der Waals surface area contributed by atoms with Gasteiger partial charge in [-0.25, -0.2) is 13.1 Å². The molecule has 1 aliphatic carbocycles. The van der Waals surface area contributed by atoms with Crippen LogP contribution < -0.4 is 10.5 Å². The second-order valence-electron chi connectivity index (χ2n) is 5.87. The quantitative estimate of drug-likeness (QED) is 0.632. The van der Waals surface area contributed by atoms with Gasteiger partial charge in [0.1, 0.15) is 0 Å². The van der Waals surface area contributed by atoms with Crippen LogP contribution in [0.2, 0.25) is 0 Å².